The second kappa shape index (κ2) is 2.21. The van der Waals surface area contributed by atoms with Crippen molar-refractivity contribution in [3.8, 4) is 0 Å². The predicted molar refractivity (Wildman–Crippen MR) is 39.0 cm³/mol. The number of rotatable bonds is 1. The summed E-state index contributed by atoms with van der Waals surface area (Å²) in [6, 6.07) is 0.416. The van der Waals surface area contributed by atoms with E-state index in [9.17, 15) is 0 Å². The quantitative estimate of drug-likeness (QED) is 0.536. The fourth-order valence-electron chi connectivity index (χ4n) is 1.12. The van der Waals surface area contributed by atoms with E-state index in [0.717, 1.165) is 0 Å². The summed E-state index contributed by atoms with van der Waals surface area (Å²) in [6.45, 7) is 0.680. The molecule has 0 bridgehead atoms. The molecule has 0 saturated carbocycles. The highest BCUT2D eigenvalue weighted by Crippen LogP contribution is 2.12. The van der Waals surface area contributed by atoms with Crippen LogP contribution in [0.2, 0.25) is 0 Å². The molecule has 2 aliphatic rings. The predicted octanol–water partition coefficient (Wildman–Crippen LogP) is 1.24. The molecule has 0 saturated heterocycles. The van der Waals surface area contributed by atoms with Crippen LogP contribution in [0.5, 0.6) is 0 Å². The first kappa shape index (κ1) is 5.59. The lowest BCUT2D eigenvalue weighted by atomic mass is 10.3. The lowest BCUT2D eigenvalue weighted by molar-refractivity contribution is 0.165. The van der Waals surface area contributed by atoms with Gasteiger partial charge in [-0.25, -0.2) is 0 Å². The second-order valence-corrected chi connectivity index (χ2v) is 2.36. The zero-order valence-electron chi connectivity index (χ0n) is 5.60. The lowest BCUT2D eigenvalue weighted by Gasteiger charge is -2.17. The van der Waals surface area contributed by atoms with E-state index in [4.69, 9.17) is 4.74 Å². The number of nitrogens with zero attached hydrogens (tertiary/aromatic N) is 1. The maximum atomic E-state index is 5.05. The molecule has 0 atom stereocenters. The Kier molecular flexibility index (Phi) is 1.24. The van der Waals surface area contributed by atoms with Gasteiger partial charge in [0.25, 0.3) is 0 Å². The van der Waals surface area contributed by atoms with E-state index in [1.54, 1.807) is 6.26 Å². The van der Waals surface area contributed by atoms with Crippen LogP contribution in [0.3, 0.4) is 0 Å². The molecule has 1 aliphatic heterocycles. The summed E-state index contributed by atoms with van der Waals surface area (Å²) in [5, 5.41) is 0. The summed E-state index contributed by atoms with van der Waals surface area (Å²) < 4.78 is 5.05. The average molecular weight is 135 g/mol. The van der Waals surface area contributed by atoms with Crippen molar-refractivity contribution < 1.29 is 4.74 Å². The van der Waals surface area contributed by atoms with E-state index in [-0.39, 0.29) is 0 Å². The van der Waals surface area contributed by atoms with Crippen LogP contribution in [-0.4, -0.2) is 17.7 Å². The third-order valence-corrected chi connectivity index (χ3v) is 1.68. The van der Waals surface area contributed by atoms with Crippen LogP contribution in [0.1, 0.15) is 0 Å². The number of hydrogen-bond donors (Lipinski definition) is 0. The molecular formula is C8H9NO. The maximum absolute atomic E-state index is 5.05. The molecule has 2 nitrogen and oxygen atoms in total. The highest BCUT2D eigenvalue weighted by molar-refractivity contribution is 5.22. The van der Waals surface area contributed by atoms with Crippen molar-refractivity contribution >= 4 is 0 Å². The van der Waals surface area contributed by atoms with Crippen molar-refractivity contribution in [3.63, 3.8) is 0 Å². The lowest BCUT2D eigenvalue weighted by Crippen LogP contribution is -2.24. The average Bonchev–Trinajstić information content (AvgIpc) is 2.59. The summed E-state index contributed by atoms with van der Waals surface area (Å²) in [5.41, 5.74) is 0. The minimum Gasteiger partial charge on any atom is -0.479 e. The number of hydrogen-bond acceptors (Lipinski definition) is 2. The van der Waals surface area contributed by atoms with E-state index in [0.29, 0.717) is 12.8 Å². The largest absolute Gasteiger partial charge is 0.479 e. The molecule has 0 aromatic heterocycles. The molecule has 1 aliphatic carbocycles. The normalized spacial score (nSPS) is 22.6. The van der Waals surface area contributed by atoms with Gasteiger partial charge in [0.2, 0.25) is 0 Å². The summed E-state index contributed by atoms with van der Waals surface area (Å²) in [6.07, 6.45) is 12.1. The van der Waals surface area contributed by atoms with E-state index >= 15 is 0 Å². The third-order valence-electron chi connectivity index (χ3n) is 1.68. The number of allylic oxidation sites excluding steroid dienone is 2. The van der Waals surface area contributed by atoms with Crippen molar-refractivity contribution in [2.75, 3.05) is 6.73 Å². The first-order valence-corrected chi connectivity index (χ1v) is 3.36. The minimum atomic E-state index is 0.416. The van der Waals surface area contributed by atoms with Gasteiger partial charge in [-0.1, -0.05) is 24.3 Å². The smallest absolute Gasteiger partial charge is 0.161 e. The summed E-state index contributed by atoms with van der Waals surface area (Å²) in [4.78, 5) is 2.12. The van der Waals surface area contributed by atoms with Crippen LogP contribution < -0.4 is 0 Å². The van der Waals surface area contributed by atoms with Gasteiger partial charge in [0.15, 0.2) is 6.73 Å². The zero-order valence-corrected chi connectivity index (χ0v) is 5.60. The second-order valence-electron chi connectivity index (χ2n) is 2.36. The Morgan fingerprint density at radius 2 is 2.10 bits per heavy atom. The molecule has 2 rings (SSSR count). The Balaban J connectivity index is 2.05. The van der Waals surface area contributed by atoms with Gasteiger partial charge in [0.1, 0.15) is 6.26 Å². The van der Waals surface area contributed by atoms with Crippen molar-refractivity contribution in [1.29, 1.82) is 0 Å². The topological polar surface area (TPSA) is 12.5 Å². The van der Waals surface area contributed by atoms with Crippen molar-refractivity contribution in [1.82, 2.24) is 4.90 Å². The highest BCUT2D eigenvalue weighted by atomic mass is 16.5. The van der Waals surface area contributed by atoms with Crippen LogP contribution in [0.4, 0.5) is 0 Å². The number of ether oxygens (including phenoxy) is 1. The Bertz CT molecular complexity index is 193. The van der Waals surface area contributed by atoms with E-state index < -0.39 is 0 Å². The van der Waals surface area contributed by atoms with E-state index in [2.05, 4.69) is 29.2 Å². The Morgan fingerprint density at radius 1 is 1.30 bits per heavy atom. The molecule has 0 aromatic carbocycles. The van der Waals surface area contributed by atoms with Gasteiger partial charge in [-0.2, -0.15) is 0 Å². The molecule has 0 spiro atoms. The Labute approximate surface area is 60.1 Å². The fraction of sp³-hybridized carbons (Fsp3) is 0.250. The minimum absolute atomic E-state index is 0.416. The summed E-state index contributed by atoms with van der Waals surface area (Å²) >= 11 is 0. The van der Waals surface area contributed by atoms with Crippen molar-refractivity contribution in [2.24, 2.45) is 0 Å². The molecule has 0 amide bonds. The first-order chi connectivity index (χ1) is 4.97. The molecule has 0 unspecified atom stereocenters. The van der Waals surface area contributed by atoms with Crippen LogP contribution in [0.15, 0.2) is 36.8 Å². The van der Waals surface area contributed by atoms with Crippen LogP contribution in [0, 0.1) is 0 Å². The SMILES string of the molecule is C1=CC(N2C=COC2)C=C1. The fourth-order valence-corrected chi connectivity index (χ4v) is 1.12. The Morgan fingerprint density at radius 3 is 2.70 bits per heavy atom. The van der Waals surface area contributed by atoms with Gasteiger partial charge in [-0.15, -0.1) is 0 Å². The molecule has 0 radical (unpaired) electrons. The molecule has 1 heterocycles. The molecule has 0 aromatic rings. The molecule has 2 heteroatoms. The van der Waals surface area contributed by atoms with Gasteiger partial charge >= 0.3 is 0 Å². The van der Waals surface area contributed by atoms with Crippen LogP contribution >= 0.6 is 0 Å². The summed E-state index contributed by atoms with van der Waals surface area (Å²) in [5.74, 6) is 0. The van der Waals surface area contributed by atoms with Crippen LogP contribution in [0.25, 0.3) is 0 Å². The first-order valence-electron chi connectivity index (χ1n) is 3.36. The standard InChI is InChI=1S/C8H9NO/c1-2-4-8(3-1)9-5-6-10-7-9/h1-6,8H,7H2. The van der Waals surface area contributed by atoms with Crippen molar-refractivity contribution in [2.45, 2.75) is 6.04 Å². The van der Waals surface area contributed by atoms with Gasteiger partial charge in [-0.3, -0.25) is 0 Å². The molecule has 0 fully saturated rings. The van der Waals surface area contributed by atoms with Gasteiger partial charge in [0, 0.05) is 6.20 Å². The highest BCUT2D eigenvalue weighted by Gasteiger charge is 2.13. The molecule has 10 heavy (non-hydrogen) atoms. The maximum Gasteiger partial charge on any atom is 0.161 e. The zero-order chi connectivity index (χ0) is 6.81. The van der Waals surface area contributed by atoms with Gasteiger partial charge in [0.05, 0.1) is 6.04 Å². The third kappa shape index (κ3) is 0.817. The van der Waals surface area contributed by atoms with E-state index in [1.165, 1.54) is 0 Å². The van der Waals surface area contributed by atoms with Gasteiger partial charge < -0.3 is 9.64 Å². The summed E-state index contributed by atoms with van der Waals surface area (Å²) in [7, 11) is 0. The Hall–Kier alpha value is -1.18. The molecule has 52 valence electrons. The molecule has 0 N–H and O–H groups in total. The van der Waals surface area contributed by atoms with Crippen LogP contribution in [-0.2, 0) is 4.74 Å². The van der Waals surface area contributed by atoms with Gasteiger partial charge in [-0.05, 0) is 0 Å². The van der Waals surface area contributed by atoms with E-state index in [1.807, 2.05) is 6.20 Å². The monoisotopic (exact) mass is 135 g/mol. The molecular weight excluding hydrogens is 126 g/mol. The van der Waals surface area contributed by atoms with Crippen molar-refractivity contribution in [3.05, 3.63) is 36.8 Å².